The first-order valence-corrected chi connectivity index (χ1v) is 9.61. The molecule has 2 heterocycles. The minimum atomic E-state index is -0.279. The number of hydrogen-bond acceptors (Lipinski definition) is 4. The fourth-order valence-electron chi connectivity index (χ4n) is 3.69. The molecule has 0 bridgehead atoms. The summed E-state index contributed by atoms with van der Waals surface area (Å²) in [4.78, 5) is 27.2. The number of nitrogens with one attached hydrogen (secondary N) is 1. The molecule has 0 unspecified atom stereocenters. The van der Waals surface area contributed by atoms with E-state index in [1.54, 1.807) is 0 Å². The van der Waals surface area contributed by atoms with Crippen LogP contribution >= 0.6 is 0 Å². The van der Waals surface area contributed by atoms with Crippen LogP contribution in [0.4, 0.5) is 0 Å². The van der Waals surface area contributed by atoms with Crippen molar-refractivity contribution in [1.29, 1.82) is 0 Å². The van der Waals surface area contributed by atoms with Gasteiger partial charge in [0.15, 0.2) is 5.76 Å². The van der Waals surface area contributed by atoms with Crippen LogP contribution in [0.25, 0.3) is 0 Å². The highest BCUT2D eigenvalue weighted by molar-refractivity contribution is 5.85. The largest absolute Gasteiger partial charge is 0.359 e. The number of aromatic nitrogens is 1. The fraction of sp³-hybridized carbons (Fsp3) is 0.476. The SMILES string of the molecule is CCc1cc(CNC(=O)[C@@H]2CCC(=O)N(CC)[C@H]2c2ccc(C)cc2)on1. The number of hydrogen-bond donors (Lipinski definition) is 1. The summed E-state index contributed by atoms with van der Waals surface area (Å²) in [6, 6.07) is 9.71. The number of benzene rings is 1. The second-order valence-electron chi connectivity index (χ2n) is 7.04. The molecule has 2 amide bonds. The van der Waals surface area contributed by atoms with Gasteiger partial charge in [-0.15, -0.1) is 0 Å². The summed E-state index contributed by atoms with van der Waals surface area (Å²) < 4.78 is 5.25. The molecule has 0 spiro atoms. The summed E-state index contributed by atoms with van der Waals surface area (Å²) >= 11 is 0. The van der Waals surface area contributed by atoms with Crippen LogP contribution in [0.1, 0.15) is 55.3 Å². The minimum Gasteiger partial charge on any atom is -0.359 e. The van der Waals surface area contributed by atoms with Crippen molar-refractivity contribution in [3.63, 3.8) is 0 Å². The number of carbonyl (C=O) groups excluding carboxylic acids is 2. The number of rotatable bonds is 6. The Balaban J connectivity index is 1.78. The molecule has 1 aromatic carbocycles. The van der Waals surface area contributed by atoms with Gasteiger partial charge in [0.25, 0.3) is 0 Å². The van der Waals surface area contributed by atoms with Gasteiger partial charge in [-0.05, 0) is 32.3 Å². The Labute approximate surface area is 159 Å². The monoisotopic (exact) mass is 369 g/mol. The molecule has 1 N–H and O–H groups in total. The van der Waals surface area contributed by atoms with Crippen molar-refractivity contribution in [1.82, 2.24) is 15.4 Å². The second-order valence-corrected chi connectivity index (χ2v) is 7.04. The molecule has 1 aromatic heterocycles. The molecule has 3 rings (SSSR count). The van der Waals surface area contributed by atoms with Crippen LogP contribution < -0.4 is 5.32 Å². The summed E-state index contributed by atoms with van der Waals surface area (Å²) in [6.07, 6.45) is 1.75. The summed E-state index contributed by atoms with van der Waals surface area (Å²) in [5, 5.41) is 6.92. The maximum absolute atomic E-state index is 13.0. The smallest absolute Gasteiger partial charge is 0.225 e. The van der Waals surface area contributed by atoms with E-state index >= 15 is 0 Å². The minimum absolute atomic E-state index is 0.0547. The van der Waals surface area contributed by atoms with Gasteiger partial charge in [0.2, 0.25) is 11.8 Å². The molecule has 1 fully saturated rings. The molecule has 144 valence electrons. The Morgan fingerprint density at radius 1 is 1.30 bits per heavy atom. The Morgan fingerprint density at radius 2 is 2.04 bits per heavy atom. The van der Waals surface area contributed by atoms with Crippen LogP contribution in [-0.4, -0.2) is 28.4 Å². The number of likely N-dealkylation sites (tertiary alicyclic amines) is 1. The zero-order valence-electron chi connectivity index (χ0n) is 16.2. The summed E-state index contributed by atoms with van der Waals surface area (Å²) in [5.41, 5.74) is 3.03. The van der Waals surface area contributed by atoms with Crippen LogP contribution in [0.3, 0.4) is 0 Å². The lowest BCUT2D eigenvalue weighted by Gasteiger charge is -2.40. The molecule has 1 aliphatic heterocycles. The van der Waals surface area contributed by atoms with Crippen LogP contribution in [0.5, 0.6) is 0 Å². The quantitative estimate of drug-likeness (QED) is 0.849. The molecule has 1 aliphatic rings. The lowest BCUT2D eigenvalue weighted by Crippen LogP contribution is -2.47. The third-order valence-corrected chi connectivity index (χ3v) is 5.21. The van der Waals surface area contributed by atoms with E-state index in [4.69, 9.17) is 4.52 Å². The Kier molecular flexibility index (Phi) is 5.94. The van der Waals surface area contributed by atoms with Gasteiger partial charge < -0.3 is 14.7 Å². The maximum Gasteiger partial charge on any atom is 0.225 e. The molecule has 0 aliphatic carbocycles. The van der Waals surface area contributed by atoms with Gasteiger partial charge in [-0.25, -0.2) is 0 Å². The van der Waals surface area contributed by atoms with Crippen molar-refractivity contribution >= 4 is 11.8 Å². The van der Waals surface area contributed by atoms with Crippen molar-refractivity contribution in [2.45, 2.75) is 52.6 Å². The predicted molar refractivity (Wildman–Crippen MR) is 102 cm³/mol. The number of nitrogens with zero attached hydrogens (tertiary/aromatic N) is 2. The van der Waals surface area contributed by atoms with Crippen molar-refractivity contribution in [2.75, 3.05) is 6.54 Å². The van der Waals surface area contributed by atoms with Crippen LogP contribution in [0.15, 0.2) is 34.9 Å². The summed E-state index contributed by atoms with van der Waals surface area (Å²) in [6.45, 7) is 6.89. The molecule has 1 saturated heterocycles. The van der Waals surface area contributed by atoms with E-state index in [0.29, 0.717) is 31.7 Å². The molecular formula is C21H27N3O3. The van der Waals surface area contributed by atoms with E-state index in [0.717, 1.165) is 23.2 Å². The number of amides is 2. The second kappa shape index (κ2) is 8.37. The topological polar surface area (TPSA) is 75.4 Å². The van der Waals surface area contributed by atoms with E-state index < -0.39 is 0 Å². The molecule has 2 atom stereocenters. The first-order valence-electron chi connectivity index (χ1n) is 9.61. The van der Waals surface area contributed by atoms with Gasteiger partial charge in [-0.1, -0.05) is 41.9 Å². The zero-order chi connectivity index (χ0) is 19.4. The van der Waals surface area contributed by atoms with Crippen molar-refractivity contribution < 1.29 is 14.1 Å². The van der Waals surface area contributed by atoms with Crippen molar-refractivity contribution in [2.24, 2.45) is 5.92 Å². The molecule has 0 radical (unpaired) electrons. The van der Waals surface area contributed by atoms with E-state index in [-0.39, 0.29) is 23.8 Å². The van der Waals surface area contributed by atoms with E-state index in [1.165, 1.54) is 0 Å². The van der Waals surface area contributed by atoms with Crippen molar-refractivity contribution in [3.8, 4) is 0 Å². The zero-order valence-corrected chi connectivity index (χ0v) is 16.2. The van der Waals surface area contributed by atoms with Crippen LogP contribution in [0.2, 0.25) is 0 Å². The normalized spacial score (nSPS) is 20.0. The van der Waals surface area contributed by atoms with Gasteiger partial charge in [0.1, 0.15) is 0 Å². The molecule has 0 saturated carbocycles. The average molecular weight is 369 g/mol. The van der Waals surface area contributed by atoms with Gasteiger partial charge >= 0.3 is 0 Å². The highest BCUT2D eigenvalue weighted by atomic mass is 16.5. The number of carbonyl (C=O) groups is 2. The summed E-state index contributed by atoms with van der Waals surface area (Å²) in [5.74, 6) is 0.418. The predicted octanol–water partition coefficient (Wildman–Crippen LogP) is 3.16. The first kappa shape index (κ1) is 19.1. The third-order valence-electron chi connectivity index (χ3n) is 5.21. The molecule has 6 heteroatoms. The van der Waals surface area contributed by atoms with Crippen molar-refractivity contribution in [3.05, 3.63) is 52.9 Å². The summed E-state index contributed by atoms with van der Waals surface area (Å²) in [7, 11) is 0. The van der Waals surface area contributed by atoms with Gasteiger partial charge in [-0.2, -0.15) is 0 Å². The Morgan fingerprint density at radius 3 is 2.67 bits per heavy atom. The standard InChI is InChI=1S/C21H27N3O3/c1-4-16-12-17(27-23-16)13-22-21(26)18-10-11-19(25)24(5-2)20(18)15-8-6-14(3)7-9-15/h6-9,12,18,20H,4-5,10-11,13H2,1-3H3,(H,22,26)/t18-,20+/m1/s1. The van der Waals surface area contributed by atoms with Crippen LogP contribution in [-0.2, 0) is 22.6 Å². The molecule has 2 aromatic rings. The molecule has 6 nitrogen and oxygen atoms in total. The van der Waals surface area contributed by atoms with E-state index in [9.17, 15) is 9.59 Å². The third kappa shape index (κ3) is 4.21. The highest BCUT2D eigenvalue weighted by Crippen LogP contribution is 2.36. The van der Waals surface area contributed by atoms with E-state index in [1.807, 2.05) is 56.0 Å². The van der Waals surface area contributed by atoms with Gasteiger partial charge in [-0.3, -0.25) is 9.59 Å². The van der Waals surface area contributed by atoms with Crippen LogP contribution in [0, 0.1) is 12.8 Å². The highest BCUT2D eigenvalue weighted by Gasteiger charge is 2.39. The number of aryl methyl sites for hydroxylation is 2. The first-order chi connectivity index (χ1) is 13.0. The van der Waals surface area contributed by atoms with Gasteiger partial charge in [0.05, 0.1) is 24.2 Å². The molecular weight excluding hydrogens is 342 g/mol. The fourth-order valence-corrected chi connectivity index (χ4v) is 3.69. The Hall–Kier alpha value is -2.63. The number of piperidine rings is 1. The lowest BCUT2D eigenvalue weighted by molar-refractivity contribution is -0.143. The van der Waals surface area contributed by atoms with E-state index in [2.05, 4.69) is 10.5 Å². The Bertz CT molecular complexity index is 797. The average Bonchev–Trinajstić information content (AvgIpc) is 3.14. The molecule has 27 heavy (non-hydrogen) atoms. The lowest BCUT2D eigenvalue weighted by atomic mass is 9.83. The van der Waals surface area contributed by atoms with Gasteiger partial charge in [0, 0.05) is 19.0 Å². The maximum atomic E-state index is 13.0.